The molecule has 0 amide bonds. The minimum Gasteiger partial charge on any atom is -0.489 e. The Morgan fingerprint density at radius 1 is 1.05 bits per heavy atom. The molecule has 0 aliphatic rings. The van der Waals surface area contributed by atoms with Crippen molar-refractivity contribution in [1.29, 1.82) is 0 Å². The number of aryl methyl sites for hydroxylation is 2. The van der Waals surface area contributed by atoms with Gasteiger partial charge in [0.15, 0.2) is 0 Å². The van der Waals surface area contributed by atoms with E-state index in [1.165, 1.54) is 11.1 Å². The van der Waals surface area contributed by atoms with Gasteiger partial charge in [0.25, 0.3) is 0 Å². The van der Waals surface area contributed by atoms with E-state index in [-0.39, 0.29) is 5.56 Å². The normalized spacial score (nSPS) is 10.2. The van der Waals surface area contributed by atoms with E-state index in [1.54, 1.807) is 24.3 Å². The zero-order valence-corrected chi connectivity index (χ0v) is 11.0. The van der Waals surface area contributed by atoms with Crippen molar-refractivity contribution >= 4 is 5.97 Å². The van der Waals surface area contributed by atoms with Gasteiger partial charge >= 0.3 is 5.97 Å². The molecular weight excluding hydrogens is 240 g/mol. The van der Waals surface area contributed by atoms with Crippen molar-refractivity contribution in [2.75, 3.05) is 0 Å². The molecule has 2 rings (SSSR count). The summed E-state index contributed by atoms with van der Waals surface area (Å²) in [6.45, 7) is 4.59. The van der Waals surface area contributed by atoms with Crippen LogP contribution in [-0.2, 0) is 6.61 Å². The van der Waals surface area contributed by atoms with Crippen molar-refractivity contribution in [3.8, 4) is 5.75 Å². The Morgan fingerprint density at radius 3 is 2.16 bits per heavy atom. The predicted molar refractivity (Wildman–Crippen MR) is 73.6 cm³/mol. The van der Waals surface area contributed by atoms with Crippen LogP contribution in [0.25, 0.3) is 0 Å². The molecule has 0 unspecified atom stereocenters. The smallest absolute Gasteiger partial charge is 0.335 e. The predicted octanol–water partition coefficient (Wildman–Crippen LogP) is 3.58. The Kier molecular flexibility index (Phi) is 3.85. The lowest BCUT2D eigenvalue weighted by molar-refractivity contribution is 0.0697. The van der Waals surface area contributed by atoms with Crippen LogP contribution in [0.2, 0.25) is 0 Å². The number of ether oxygens (including phenoxy) is 1. The summed E-state index contributed by atoms with van der Waals surface area (Å²) in [7, 11) is 0. The summed E-state index contributed by atoms with van der Waals surface area (Å²) in [5.41, 5.74) is 3.79. The first kappa shape index (κ1) is 13.1. The number of benzene rings is 2. The van der Waals surface area contributed by atoms with Crippen LogP contribution in [0.4, 0.5) is 0 Å². The molecule has 0 saturated heterocycles. The lowest BCUT2D eigenvalue weighted by Gasteiger charge is -2.08. The second-order valence-electron chi connectivity index (χ2n) is 4.61. The van der Waals surface area contributed by atoms with Crippen LogP contribution in [0.3, 0.4) is 0 Å². The van der Waals surface area contributed by atoms with Gasteiger partial charge in [-0.05, 0) is 43.7 Å². The lowest BCUT2D eigenvalue weighted by Crippen LogP contribution is -1.98. The van der Waals surface area contributed by atoms with E-state index in [0.29, 0.717) is 12.4 Å². The number of carboxylic acid groups (broad SMARTS) is 1. The Balaban J connectivity index is 2.03. The molecule has 2 aromatic rings. The first-order valence-electron chi connectivity index (χ1n) is 6.08. The monoisotopic (exact) mass is 256 g/mol. The quantitative estimate of drug-likeness (QED) is 0.909. The number of carboxylic acids is 1. The third-order valence-corrected chi connectivity index (χ3v) is 2.79. The third kappa shape index (κ3) is 3.58. The van der Waals surface area contributed by atoms with Gasteiger partial charge in [-0.25, -0.2) is 4.79 Å². The molecule has 0 bridgehead atoms. The maximum absolute atomic E-state index is 10.7. The highest BCUT2D eigenvalue weighted by molar-refractivity contribution is 5.87. The van der Waals surface area contributed by atoms with Crippen molar-refractivity contribution in [3.63, 3.8) is 0 Å². The summed E-state index contributed by atoms with van der Waals surface area (Å²) < 4.78 is 5.64. The SMILES string of the molecule is Cc1cc(C)cc(COc2ccc(C(=O)O)cc2)c1. The summed E-state index contributed by atoms with van der Waals surface area (Å²) in [4.78, 5) is 10.7. The highest BCUT2D eigenvalue weighted by Gasteiger charge is 2.02. The molecule has 19 heavy (non-hydrogen) atoms. The molecule has 1 N–H and O–H groups in total. The first-order valence-corrected chi connectivity index (χ1v) is 6.08. The molecule has 0 aliphatic carbocycles. The van der Waals surface area contributed by atoms with Gasteiger partial charge < -0.3 is 9.84 Å². The van der Waals surface area contributed by atoms with Crippen molar-refractivity contribution in [3.05, 3.63) is 64.7 Å². The van der Waals surface area contributed by atoms with Gasteiger partial charge in [-0.15, -0.1) is 0 Å². The summed E-state index contributed by atoms with van der Waals surface area (Å²) in [6, 6.07) is 12.7. The van der Waals surface area contributed by atoms with Crippen LogP contribution < -0.4 is 4.74 Å². The summed E-state index contributed by atoms with van der Waals surface area (Å²) in [5.74, 6) is -0.259. The van der Waals surface area contributed by atoms with Crippen molar-refractivity contribution in [2.24, 2.45) is 0 Å². The zero-order chi connectivity index (χ0) is 13.8. The molecule has 0 saturated carbocycles. The molecule has 0 fully saturated rings. The van der Waals surface area contributed by atoms with Crippen LogP contribution >= 0.6 is 0 Å². The second-order valence-corrected chi connectivity index (χ2v) is 4.61. The van der Waals surface area contributed by atoms with Gasteiger partial charge in [0.2, 0.25) is 0 Å². The lowest BCUT2D eigenvalue weighted by atomic mass is 10.1. The number of aromatic carboxylic acids is 1. The molecule has 2 aromatic carbocycles. The van der Waals surface area contributed by atoms with E-state index in [4.69, 9.17) is 9.84 Å². The number of hydrogen-bond acceptors (Lipinski definition) is 2. The third-order valence-electron chi connectivity index (χ3n) is 2.79. The number of carbonyl (C=O) groups is 1. The van der Waals surface area contributed by atoms with Gasteiger partial charge in [-0.1, -0.05) is 29.3 Å². The second kappa shape index (κ2) is 5.57. The van der Waals surface area contributed by atoms with Crippen LogP contribution in [-0.4, -0.2) is 11.1 Å². The molecule has 0 spiro atoms. The highest BCUT2D eigenvalue weighted by Crippen LogP contribution is 2.15. The van der Waals surface area contributed by atoms with E-state index < -0.39 is 5.97 Å². The largest absolute Gasteiger partial charge is 0.489 e. The maximum Gasteiger partial charge on any atom is 0.335 e. The van der Waals surface area contributed by atoms with E-state index in [0.717, 1.165) is 5.56 Å². The highest BCUT2D eigenvalue weighted by atomic mass is 16.5. The topological polar surface area (TPSA) is 46.5 Å². The Hall–Kier alpha value is -2.29. The Bertz CT molecular complexity index is 565. The average molecular weight is 256 g/mol. The molecule has 0 radical (unpaired) electrons. The van der Waals surface area contributed by atoms with Gasteiger partial charge in [-0.3, -0.25) is 0 Å². The fourth-order valence-corrected chi connectivity index (χ4v) is 2.01. The van der Waals surface area contributed by atoms with E-state index in [2.05, 4.69) is 32.0 Å². The molecule has 0 heterocycles. The van der Waals surface area contributed by atoms with E-state index >= 15 is 0 Å². The molecular formula is C16H16O3. The van der Waals surface area contributed by atoms with E-state index in [9.17, 15) is 4.79 Å². The Labute approximate surface area is 112 Å². The number of hydrogen-bond donors (Lipinski definition) is 1. The van der Waals surface area contributed by atoms with Gasteiger partial charge in [0.1, 0.15) is 12.4 Å². The van der Waals surface area contributed by atoms with Crippen molar-refractivity contribution in [2.45, 2.75) is 20.5 Å². The Morgan fingerprint density at radius 2 is 1.63 bits per heavy atom. The minimum atomic E-state index is -0.930. The summed E-state index contributed by atoms with van der Waals surface area (Å²) in [6.07, 6.45) is 0. The van der Waals surface area contributed by atoms with Crippen molar-refractivity contribution in [1.82, 2.24) is 0 Å². The van der Waals surface area contributed by atoms with E-state index in [1.807, 2.05) is 0 Å². The summed E-state index contributed by atoms with van der Waals surface area (Å²) >= 11 is 0. The maximum atomic E-state index is 10.7. The molecule has 0 aliphatic heterocycles. The number of rotatable bonds is 4. The molecule has 0 aromatic heterocycles. The average Bonchev–Trinajstić information content (AvgIpc) is 2.36. The molecule has 3 nitrogen and oxygen atoms in total. The minimum absolute atomic E-state index is 0.263. The van der Waals surface area contributed by atoms with Gasteiger partial charge in [0.05, 0.1) is 5.56 Å². The van der Waals surface area contributed by atoms with Crippen LogP contribution in [0.1, 0.15) is 27.0 Å². The molecule has 3 heteroatoms. The zero-order valence-electron chi connectivity index (χ0n) is 11.0. The molecule has 98 valence electrons. The summed E-state index contributed by atoms with van der Waals surface area (Å²) in [5, 5.41) is 8.80. The fourth-order valence-electron chi connectivity index (χ4n) is 2.01. The van der Waals surface area contributed by atoms with Gasteiger partial charge in [0, 0.05) is 0 Å². The van der Waals surface area contributed by atoms with Crippen LogP contribution in [0.15, 0.2) is 42.5 Å². The van der Waals surface area contributed by atoms with Crippen LogP contribution in [0.5, 0.6) is 5.75 Å². The van der Waals surface area contributed by atoms with Crippen LogP contribution in [0, 0.1) is 13.8 Å². The van der Waals surface area contributed by atoms with Gasteiger partial charge in [-0.2, -0.15) is 0 Å². The fraction of sp³-hybridized carbons (Fsp3) is 0.188. The standard InChI is InChI=1S/C16H16O3/c1-11-7-12(2)9-13(8-11)10-19-15-5-3-14(4-6-15)16(17)18/h3-9H,10H2,1-2H3,(H,17,18). The van der Waals surface area contributed by atoms with Crippen molar-refractivity contribution < 1.29 is 14.6 Å². The first-order chi connectivity index (χ1) is 9.04. The molecule has 0 atom stereocenters.